The first kappa shape index (κ1) is 19.5. The standard InChI is InChI=1S/C21H33N5O2/c1-24-20-14-17(4-7-19(20)23-21(24)27)26-11-9-25(10-12-26)15-16-2-5-18(6-3-16)28-13-8-22/h4,7,14,16,18H,2-3,5-6,8-13,15,22H2,1H3,(H,23,27). The summed E-state index contributed by atoms with van der Waals surface area (Å²) in [6, 6.07) is 6.27. The third-order valence-corrected chi connectivity index (χ3v) is 6.41. The highest BCUT2D eigenvalue weighted by molar-refractivity contribution is 5.79. The highest BCUT2D eigenvalue weighted by atomic mass is 16.5. The summed E-state index contributed by atoms with van der Waals surface area (Å²) in [5.74, 6) is 0.801. The van der Waals surface area contributed by atoms with Gasteiger partial charge in [0, 0.05) is 52.0 Å². The monoisotopic (exact) mass is 387 g/mol. The van der Waals surface area contributed by atoms with Crippen molar-refractivity contribution in [2.24, 2.45) is 18.7 Å². The number of anilines is 1. The quantitative estimate of drug-likeness (QED) is 0.786. The summed E-state index contributed by atoms with van der Waals surface area (Å²) < 4.78 is 7.49. The van der Waals surface area contributed by atoms with Crippen molar-refractivity contribution in [3.8, 4) is 0 Å². The maximum atomic E-state index is 11.8. The second-order valence-electron chi connectivity index (χ2n) is 8.28. The fraction of sp³-hybridized carbons (Fsp3) is 0.667. The molecular weight excluding hydrogens is 354 g/mol. The Morgan fingerprint density at radius 3 is 2.61 bits per heavy atom. The van der Waals surface area contributed by atoms with Gasteiger partial charge in [-0.3, -0.25) is 9.47 Å². The molecule has 3 N–H and O–H groups in total. The van der Waals surface area contributed by atoms with Crippen LogP contribution in [0.5, 0.6) is 0 Å². The smallest absolute Gasteiger partial charge is 0.326 e. The molecule has 1 saturated carbocycles. The van der Waals surface area contributed by atoms with Crippen LogP contribution in [0.3, 0.4) is 0 Å². The molecule has 154 valence electrons. The molecule has 1 aromatic heterocycles. The molecule has 0 amide bonds. The van der Waals surface area contributed by atoms with Crippen molar-refractivity contribution in [2.45, 2.75) is 31.8 Å². The van der Waals surface area contributed by atoms with E-state index in [1.54, 1.807) is 4.57 Å². The van der Waals surface area contributed by atoms with Gasteiger partial charge in [0.2, 0.25) is 0 Å². The zero-order chi connectivity index (χ0) is 19.5. The van der Waals surface area contributed by atoms with Crippen LogP contribution in [0.1, 0.15) is 25.7 Å². The third-order valence-electron chi connectivity index (χ3n) is 6.41. The van der Waals surface area contributed by atoms with Crippen LogP contribution in [0.4, 0.5) is 5.69 Å². The predicted molar refractivity (Wildman–Crippen MR) is 113 cm³/mol. The number of nitrogens with two attached hydrogens (primary N) is 1. The number of benzene rings is 1. The highest BCUT2D eigenvalue weighted by Gasteiger charge is 2.25. The lowest BCUT2D eigenvalue weighted by Gasteiger charge is -2.39. The van der Waals surface area contributed by atoms with E-state index in [1.807, 2.05) is 13.1 Å². The van der Waals surface area contributed by atoms with Gasteiger partial charge in [-0.1, -0.05) is 0 Å². The molecule has 0 radical (unpaired) electrons. The topological polar surface area (TPSA) is 79.5 Å². The van der Waals surface area contributed by atoms with Gasteiger partial charge < -0.3 is 20.4 Å². The van der Waals surface area contributed by atoms with E-state index in [-0.39, 0.29) is 5.69 Å². The summed E-state index contributed by atoms with van der Waals surface area (Å²) in [5, 5.41) is 0. The van der Waals surface area contributed by atoms with E-state index in [0.29, 0.717) is 19.3 Å². The number of fused-ring (bicyclic) bond motifs is 1. The molecule has 0 unspecified atom stereocenters. The second-order valence-corrected chi connectivity index (χ2v) is 8.28. The van der Waals surface area contributed by atoms with Gasteiger partial charge in [-0.25, -0.2) is 4.79 Å². The fourth-order valence-electron chi connectivity index (χ4n) is 4.68. The number of H-pyrrole nitrogens is 1. The van der Waals surface area contributed by atoms with Crippen LogP contribution in [0.25, 0.3) is 11.0 Å². The Morgan fingerprint density at radius 1 is 1.14 bits per heavy atom. The molecule has 1 aromatic carbocycles. The molecule has 4 rings (SSSR count). The van der Waals surface area contributed by atoms with Gasteiger partial charge in [-0.15, -0.1) is 0 Å². The number of aryl methyl sites for hydroxylation is 1. The predicted octanol–water partition coefficient (Wildman–Crippen LogP) is 1.52. The lowest BCUT2D eigenvalue weighted by molar-refractivity contribution is 0.0179. The van der Waals surface area contributed by atoms with E-state index in [4.69, 9.17) is 10.5 Å². The second kappa shape index (κ2) is 8.68. The SMILES string of the molecule is Cn1c(=O)[nH]c2ccc(N3CCN(CC4CCC(OCCN)CC4)CC3)cc21. The molecule has 28 heavy (non-hydrogen) atoms. The molecule has 2 heterocycles. The number of nitrogens with zero attached hydrogens (tertiary/aromatic N) is 3. The van der Waals surface area contributed by atoms with E-state index in [0.717, 1.165) is 43.1 Å². The number of piperazine rings is 1. The number of rotatable bonds is 6. The molecule has 7 heteroatoms. The molecule has 1 aliphatic carbocycles. The number of hydrogen-bond acceptors (Lipinski definition) is 5. The molecule has 1 aliphatic heterocycles. The van der Waals surface area contributed by atoms with Crippen molar-refractivity contribution in [2.75, 3.05) is 50.8 Å². The Kier molecular flexibility index (Phi) is 6.04. The lowest BCUT2D eigenvalue weighted by Crippen LogP contribution is -2.48. The van der Waals surface area contributed by atoms with Crippen molar-refractivity contribution < 1.29 is 4.74 Å². The fourth-order valence-corrected chi connectivity index (χ4v) is 4.68. The molecule has 2 aromatic rings. The maximum absolute atomic E-state index is 11.8. The minimum atomic E-state index is -0.0554. The number of nitrogens with one attached hydrogen (secondary N) is 1. The Bertz CT molecular complexity index is 829. The first-order valence-corrected chi connectivity index (χ1v) is 10.6. The number of aromatic amines is 1. The Morgan fingerprint density at radius 2 is 1.89 bits per heavy atom. The third kappa shape index (κ3) is 4.26. The van der Waals surface area contributed by atoms with Crippen LogP contribution in [-0.2, 0) is 11.8 Å². The number of ether oxygens (including phenoxy) is 1. The van der Waals surface area contributed by atoms with E-state index < -0.39 is 0 Å². The number of aromatic nitrogens is 2. The summed E-state index contributed by atoms with van der Waals surface area (Å²) in [7, 11) is 1.82. The van der Waals surface area contributed by atoms with Crippen molar-refractivity contribution in [3.05, 3.63) is 28.7 Å². The molecule has 7 nitrogen and oxygen atoms in total. The molecular formula is C21H33N5O2. The summed E-state index contributed by atoms with van der Waals surface area (Å²) in [4.78, 5) is 19.7. The Labute approximate surface area is 166 Å². The molecule has 2 fully saturated rings. The number of hydrogen-bond donors (Lipinski definition) is 2. The maximum Gasteiger partial charge on any atom is 0.326 e. The van der Waals surface area contributed by atoms with E-state index in [1.165, 1.54) is 37.9 Å². The Hall–Kier alpha value is -1.83. The van der Waals surface area contributed by atoms with Crippen LogP contribution in [0.15, 0.2) is 23.0 Å². The van der Waals surface area contributed by atoms with E-state index in [2.05, 4.69) is 26.9 Å². The van der Waals surface area contributed by atoms with E-state index in [9.17, 15) is 4.79 Å². The van der Waals surface area contributed by atoms with Crippen molar-refractivity contribution in [1.29, 1.82) is 0 Å². The number of imidazole rings is 1. The molecule has 2 aliphatic rings. The van der Waals surface area contributed by atoms with Crippen LogP contribution in [0, 0.1) is 5.92 Å². The van der Waals surface area contributed by atoms with Gasteiger partial charge in [0.15, 0.2) is 0 Å². The van der Waals surface area contributed by atoms with Gasteiger partial charge in [-0.2, -0.15) is 0 Å². The Balaban J connectivity index is 1.27. The van der Waals surface area contributed by atoms with Crippen LogP contribution < -0.4 is 16.3 Å². The van der Waals surface area contributed by atoms with Crippen LogP contribution >= 0.6 is 0 Å². The summed E-state index contributed by atoms with van der Waals surface area (Å²) in [6.45, 7) is 6.82. The highest BCUT2D eigenvalue weighted by Crippen LogP contribution is 2.28. The van der Waals surface area contributed by atoms with Gasteiger partial charge >= 0.3 is 5.69 Å². The van der Waals surface area contributed by atoms with Crippen LogP contribution in [0.2, 0.25) is 0 Å². The van der Waals surface area contributed by atoms with Crippen molar-refractivity contribution in [3.63, 3.8) is 0 Å². The summed E-state index contributed by atoms with van der Waals surface area (Å²) in [6.07, 6.45) is 5.33. The van der Waals surface area contributed by atoms with Crippen molar-refractivity contribution in [1.82, 2.24) is 14.5 Å². The zero-order valence-electron chi connectivity index (χ0n) is 16.9. The normalized spacial score (nSPS) is 24.1. The molecule has 0 spiro atoms. The first-order chi connectivity index (χ1) is 13.6. The van der Waals surface area contributed by atoms with Crippen LogP contribution in [-0.4, -0.2) is 66.4 Å². The summed E-state index contributed by atoms with van der Waals surface area (Å²) in [5.41, 5.74) is 8.56. The zero-order valence-corrected chi connectivity index (χ0v) is 16.9. The summed E-state index contributed by atoms with van der Waals surface area (Å²) >= 11 is 0. The van der Waals surface area contributed by atoms with Gasteiger partial charge in [0.25, 0.3) is 0 Å². The molecule has 0 bridgehead atoms. The minimum Gasteiger partial charge on any atom is -0.377 e. The van der Waals surface area contributed by atoms with Gasteiger partial charge in [0.1, 0.15) is 0 Å². The molecule has 0 atom stereocenters. The van der Waals surface area contributed by atoms with Gasteiger partial charge in [0.05, 0.1) is 23.7 Å². The first-order valence-electron chi connectivity index (χ1n) is 10.6. The average molecular weight is 388 g/mol. The minimum absolute atomic E-state index is 0.0554. The molecule has 1 saturated heterocycles. The lowest BCUT2D eigenvalue weighted by atomic mass is 9.87. The largest absolute Gasteiger partial charge is 0.377 e. The average Bonchev–Trinajstić information content (AvgIpc) is 3.01. The van der Waals surface area contributed by atoms with Gasteiger partial charge in [-0.05, 0) is 49.8 Å². The van der Waals surface area contributed by atoms with E-state index >= 15 is 0 Å². The van der Waals surface area contributed by atoms with Crippen molar-refractivity contribution >= 4 is 16.7 Å².